The molecule has 0 aliphatic heterocycles. The number of nitrogen functional groups attached to an aromatic ring is 1. The first-order chi connectivity index (χ1) is 8.05. The molecule has 0 saturated heterocycles. The van der Waals surface area contributed by atoms with Crippen molar-refractivity contribution in [3.05, 3.63) is 17.8 Å². The maximum atomic E-state index is 12.6. The van der Waals surface area contributed by atoms with Crippen LogP contribution >= 0.6 is 0 Å². The maximum Gasteiger partial charge on any atom is 0.463 e. The molecule has 0 unspecified atom stereocenters. The van der Waals surface area contributed by atoms with Crippen LogP contribution in [0.25, 0.3) is 0 Å². The van der Waals surface area contributed by atoms with E-state index >= 15 is 0 Å². The highest BCUT2D eigenvalue weighted by Crippen LogP contribution is 2.36. The van der Waals surface area contributed by atoms with Crippen LogP contribution in [0.15, 0.2) is 12.3 Å². The summed E-state index contributed by atoms with van der Waals surface area (Å²) in [5, 5.41) is 1.41. The highest BCUT2D eigenvalue weighted by molar-refractivity contribution is 5.96. The Bertz CT molecular complexity index is 472. The predicted octanol–water partition coefficient (Wildman–Crippen LogP) is 2.11. The number of carbonyl (C=O) groups is 1. The van der Waals surface area contributed by atoms with Crippen molar-refractivity contribution in [1.82, 2.24) is 4.98 Å². The van der Waals surface area contributed by atoms with E-state index in [0.717, 1.165) is 6.20 Å². The number of halogens is 5. The van der Waals surface area contributed by atoms with E-state index in [4.69, 9.17) is 5.73 Å². The fourth-order valence-corrected chi connectivity index (χ4v) is 1.04. The van der Waals surface area contributed by atoms with Gasteiger partial charge in [-0.3, -0.25) is 4.79 Å². The number of hydrogen-bond acceptors (Lipinski definition) is 3. The third kappa shape index (κ3) is 2.66. The summed E-state index contributed by atoms with van der Waals surface area (Å²) in [6.45, 7) is 1.35. The van der Waals surface area contributed by atoms with Crippen LogP contribution in [0.4, 0.5) is 33.5 Å². The predicted molar refractivity (Wildman–Crippen MR) is 53.0 cm³/mol. The molecule has 3 N–H and O–H groups in total. The summed E-state index contributed by atoms with van der Waals surface area (Å²) in [4.78, 5) is 14.3. The standard InChI is InChI=1S/C9H8F5N3O/c1-4-2-5(15)3-16-6(4)17-7(18)8(10,11)9(12,13)14/h2-3H,15H2,1H3,(H,16,17,18). The molecule has 4 nitrogen and oxygen atoms in total. The number of carbonyl (C=O) groups excluding carboxylic acids is 1. The largest absolute Gasteiger partial charge is 0.463 e. The lowest BCUT2D eigenvalue weighted by atomic mass is 10.2. The van der Waals surface area contributed by atoms with Crippen molar-refractivity contribution in [2.75, 3.05) is 11.1 Å². The maximum absolute atomic E-state index is 12.6. The first-order valence-corrected chi connectivity index (χ1v) is 4.54. The number of aromatic nitrogens is 1. The molecule has 9 heteroatoms. The van der Waals surface area contributed by atoms with Gasteiger partial charge in [-0.15, -0.1) is 0 Å². The minimum absolute atomic E-state index is 0.168. The topological polar surface area (TPSA) is 68.0 Å². The third-order valence-corrected chi connectivity index (χ3v) is 1.97. The SMILES string of the molecule is Cc1cc(N)cnc1NC(=O)C(F)(F)C(F)(F)F. The van der Waals surface area contributed by atoms with Crippen molar-refractivity contribution in [3.63, 3.8) is 0 Å². The Morgan fingerprint density at radius 1 is 1.33 bits per heavy atom. The van der Waals surface area contributed by atoms with Gasteiger partial charge in [0.15, 0.2) is 0 Å². The lowest BCUT2D eigenvalue weighted by Gasteiger charge is -2.18. The van der Waals surface area contributed by atoms with E-state index in [2.05, 4.69) is 4.98 Å². The Balaban J connectivity index is 2.95. The zero-order valence-corrected chi connectivity index (χ0v) is 8.98. The molecule has 0 atom stereocenters. The van der Waals surface area contributed by atoms with Gasteiger partial charge in [0.1, 0.15) is 5.82 Å². The van der Waals surface area contributed by atoms with Gasteiger partial charge in [-0.1, -0.05) is 0 Å². The minimum atomic E-state index is -5.96. The first kappa shape index (κ1) is 14.1. The molecule has 1 aromatic heterocycles. The highest BCUT2D eigenvalue weighted by atomic mass is 19.4. The van der Waals surface area contributed by atoms with Crippen LogP contribution in [0.3, 0.4) is 0 Å². The van der Waals surface area contributed by atoms with E-state index in [9.17, 15) is 26.7 Å². The quantitative estimate of drug-likeness (QED) is 0.808. The minimum Gasteiger partial charge on any atom is -0.397 e. The van der Waals surface area contributed by atoms with Gasteiger partial charge in [-0.2, -0.15) is 22.0 Å². The van der Waals surface area contributed by atoms with Crippen molar-refractivity contribution in [3.8, 4) is 0 Å². The molecule has 0 saturated carbocycles. The smallest absolute Gasteiger partial charge is 0.397 e. The molecule has 0 bridgehead atoms. The van der Waals surface area contributed by atoms with Crippen molar-refractivity contribution in [1.29, 1.82) is 0 Å². The van der Waals surface area contributed by atoms with Gasteiger partial charge in [0, 0.05) is 0 Å². The van der Waals surface area contributed by atoms with Crippen molar-refractivity contribution < 1.29 is 26.7 Å². The van der Waals surface area contributed by atoms with Crippen molar-refractivity contribution in [2.24, 2.45) is 0 Å². The Morgan fingerprint density at radius 2 is 1.89 bits per heavy atom. The van der Waals surface area contributed by atoms with Crippen molar-refractivity contribution in [2.45, 2.75) is 19.0 Å². The number of aryl methyl sites for hydroxylation is 1. The van der Waals surface area contributed by atoms with Crippen LogP contribution in [-0.2, 0) is 4.79 Å². The summed E-state index contributed by atoms with van der Waals surface area (Å²) >= 11 is 0. The molecule has 18 heavy (non-hydrogen) atoms. The molecule has 100 valence electrons. The molecule has 0 radical (unpaired) electrons. The van der Waals surface area contributed by atoms with Crippen LogP contribution in [-0.4, -0.2) is 23.0 Å². The highest BCUT2D eigenvalue weighted by Gasteiger charge is 2.63. The molecule has 1 heterocycles. The van der Waals surface area contributed by atoms with E-state index in [0.29, 0.717) is 0 Å². The van der Waals surface area contributed by atoms with E-state index in [1.807, 2.05) is 0 Å². The van der Waals surface area contributed by atoms with E-state index in [-0.39, 0.29) is 11.3 Å². The van der Waals surface area contributed by atoms with Gasteiger partial charge in [-0.05, 0) is 18.6 Å². The van der Waals surface area contributed by atoms with Crippen molar-refractivity contribution >= 4 is 17.4 Å². The summed E-state index contributed by atoms with van der Waals surface area (Å²) in [7, 11) is 0. The second kappa shape index (κ2) is 4.39. The molecular weight excluding hydrogens is 261 g/mol. The van der Waals surface area contributed by atoms with E-state index in [1.165, 1.54) is 18.3 Å². The van der Waals surface area contributed by atoms with Gasteiger partial charge in [0.25, 0.3) is 0 Å². The first-order valence-electron chi connectivity index (χ1n) is 4.54. The molecule has 0 fully saturated rings. The second-order valence-corrected chi connectivity index (χ2v) is 3.46. The number of pyridine rings is 1. The molecule has 0 aliphatic rings. The molecule has 1 amide bonds. The Hall–Kier alpha value is -1.93. The van der Waals surface area contributed by atoms with Crippen LogP contribution in [0.5, 0.6) is 0 Å². The van der Waals surface area contributed by atoms with Crippen LogP contribution in [0, 0.1) is 6.92 Å². The third-order valence-electron chi connectivity index (χ3n) is 1.97. The Morgan fingerprint density at radius 3 is 2.33 bits per heavy atom. The average Bonchev–Trinajstić information content (AvgIpc) is 2.20. The molecule has 0 aromatic carbocycles. The number of hydrogen-bond donors (Lipinski definition) is 2. The number of anilines is 2. The molecule has 1 rings (SSSR count). The fourth-order valence-electron chi connectivity index (χ4n) is 1.04. The van der Waals surface area contributed by atoms with E-state index in [1.54, 1.807) is 0 Å². The van der Waals surface area contributed by atoms with Gasteiger partial charge in [0.05, 0.1) is 11.9 Å². The molecule has 1 aromatic rings. The van der Waals surface area contributed by atoms with Gasteiger partial charge < -0.3 is 11.1 Å². The number of nitrogens with zero attached hydrogens (tertiary/aromatic N) is 1. The van der Waals surface area contributed by atoms with E-state index < -0.39 is 23.8 Å². The summed E-state index contributed by atoms with van der Waals surface area (Å²) in [5.41, 5.74) is 5.67. The molecular formula is C9H8F5N3O. The number of amides is 1. The van der Waals surface area contributed by atoms with Crippen LogP contribution in [0.2, 0.25) is 0 Å². The number of alkyl halides is 5. The number of nitrogens with two attached hydrogens (primary N) is 1. The lowest BCUT2D eigenvalue weighted by Crippen LogP contribution is -2.47. The average molecular weight is 269 g/mol. The zero-order valence-electron chi connectivity index (χ0n) is 8.98. The molecule has 0 spiro atoms. The normalized spacial score (nSPS) is 12.3. The number of rotatable bonds is 2. The van der Waals surface area contributed by atoms with Gasteiger partial charge in [0.2, 0.25) is 0 Å². The monoisotopic (exact) mass is 269 g/mol. The van der Waals surface area contributed by atoms with Gasteiger partial charge in [-0.25, -0.2) is 4.98 Å². The van der Waals surface area contributed by atoms with Crippen LogP contribution in [0.1, 0.15) is 5.56 Å². The fraction of sp³-hybridized carbons (Fsp3) is 0.333. The molecule has 0 aliphatic carbocycles. The van der Waals surface area contributed by atoms with Gasteiger partial charge >= 0.3 is 18.0 Å². The summed E-state index contributed by atoms with van der Waals surface area (Å²) in [6.07, 6.45) is -4.94. The zero-order chi connectivity index (χ0) is 14.1. The summed E-state index contributed by atoms with van der Waals surface area (Å²) in [5.74, 6) is -8.38. The van der Waals surface area contributed by atoms with Crippen LogP contribution < -0.4 is 11.1 Å². The Kier molecular flexibility index (Phi) is 3.45. The Labute approximate surface area is 98.0 Å². The second-order valence-electron chi connectivity index (χ2n) is 3.46. The summed E-state index contributed by atoms with van der Waals surface area (Å²) in [6, 6.07) is 1.27. The lowest BCUT2D eigenvalue weighted by molar-refractivity contribution is -0.267. The summed E-state index contributed by atoms with van der Waals surface area (Å²) < 4.78 is 61.0. The number of nitrogens with one attached hydrogen (secondary N) is 1.